The lowest BCUT2D eigenvalue weighted by molar-refractivity contribution is -0.120. The van der Waals surface area contributed by atoms with E-state index in [4.69, 9.17) is 4.74 Å². The van der Waals surface area contributed by atoms with Crippen LogP contribution in [0.15, 0.2) is 71.8 Å². The molecular weight excluding hydrogens is 420 g/mol. The van der Waals surface area contributed by atoms with Gasteiger partial charge in [-0.05, 0) is 60.2 Å². The molecule has 2 aromatic carbocycles. The summed E-state index contributed by atoms with van der Waals surface area (Å²) in [6.07, 6.45) is 6.13. The van der Waals surface area contributed by atoms with Crippen molar-refractivity contribution in [2.24, 2.45) is 0 Å². The van der Waals surface area contributed by atoms with Crippen molar-refractivity contribution >= 4 is 40.7 Å². The number of hydrogen-bond donors (Lipinski definition) is 2. The SMILES string of the molecule is COc1ccc(CNC(=O)CCSc2ccc3c(C=Cc4ccccn4)n[nH]c3c2)cc1. The Hall–Kier alpha value is -3.58. The minimum atomic E-state index is 0.0397. The monoisotopic (exact) mass is 444 g/mol. The Morgan fingerprint density at radius 3 is 2.78 bits per heavy atom. The first-order valence-electron chi connectivity index (χ1n) is 10.3. The predicted octanol–water partition coefficient (Wildman–Crippen LogP) is 4.94. The van der Waals surface area contributed by atoms with Gasteiger partial charge >= 0.3 is 0 Å². The normalized spacial score (nSPS) is 11.2. The van der Waals surface area contributed by atoms with Gasteiger partial charge in [0.15, 0.2) is 0 Å². The fraction of sp³-hybridized carbons (Fsp3) is 0.160. The van der Waals surface area contributed by atoms with Gasteiger partial charge in [0.1, 0.15) is 5.75 Å². The zero-order valence-corrected chi connectivity index (χ0v) is 18.6. The van der Waals surface area contributed by atoms with Gasteiger partial charge in [0.2, 0.25) is 5.91 Å². The number of pyridine rings is 1. The number of carbonyl (C=O) groups is 1. The Kier molecular flexibility index (Phi) is 7.19. The molecule has 0 spiro atoms. The molecule has 0 saturated carbocycles. The fourth-order valence-corrected chi connectivity index (χ4v) is 4.06. The second-order valence-corrected chi connectivity index (χ2v) is 8.30. The van der Waals surface area contributed by atoms with Crippen LogP contribution in [0.1, 0.15) is 23.4 Å². The average Bonchev–Trinajstić information content (AvgIpc) is 3.24. The van der Waals surface area contributed by atoms with Crippen LogP contribution in [-0.4, -0.2) is 34.0 Å². The molecule has 0 aliphatic carbocycles. The van der Waals surface area contributed by atoms with Crippen molar-refractivity contribution in [1.29, 1.82) is 0 Å². The number of aromatic nitrogens is 3. The van der Waals surface area contributed by atoms with E-state index in [1.807, 2.05) is 54.6 Å². The van der Waals surface area contributed by atoms with E-state index in [-0.39, 0.29) is 5.91 Å². The van der Waals surface area contributed by atoms with Crippen LogP contribution >= 0.6 is 11.8 Å². The number of hydrogen-bond acceptors (Lipinski definition) is 5. The predicted molar refractivity (Wildman–Crippen MR) is 129 cm³/mol. The highest BCUT2D eigenvalue weighted by molar-refractivity contribution is 7.99. The first-order chi connectivity index (χ1) is 15.7. The fourth-order valence-electron chi connectivity index (χ4n) is 3.17. The van der Waals surface area contributed by atoms with E-state index in [0.29, 0.717) is 18.7 Å². The molecule has 1 amide bonds. The topological polar surface area (TPSA) is 79.9 Å². The minimum Gasteiger partial charge on any atom is -0.497 e. The van der Waals surface area contributed by atoms with Crippen LogP contribution in [0.5, 0.6) is 5.75 Å². The highest BCUT2D eigenvalue weighted by Gasteiger charge is 2.06. The molecular formula is C25H24N4O2S. The molecule has 0 atom stereocenters. The van der Waals surface area contributed by atoms with Crippen LogP contribution in [0.2, 0.25) is 0 Å². The molecule has 0 saturated heterocycles. The van der Waals surface area contributed by atoms with Crippen molar-refractivity contribution < 1.29 is 9.53 Å². The highest BCUT2D eigenvalue weighted by atomic mass is 32.2. The number of nitrogens with one attached hydrogen (secondary N) is 2. The van der Waals surface area contributed by atoms with Crippen molar-refractivity contribution in [1.82, 2.24) is 20.5 Å². The molecule has 162 valence electrons. The summed E-state index contributed by atoms with van der Waals surface area (Å²) in [7, 11) is 1.64. The summed E-state index contributed by atoms with van der Waals surface area (Å²) in [6, 6.07) is 19.7. The highest BCUT2D eigenvalue weighted by Crippen LogP contribution is 2.25. The average molecular weight is 445 g/mol. The van der Waals surface area contributed by atoms with Gasteiger partial charge in [-0.2, -0.15) is 5.10 Å². The Morgan fingerprint density at radius 1 is 1.12 bits per heavy atom. The number of nitrogens with zero attached hydrogens (tertiary/aromatic N) is 2. The number of amides is 1. The summed E-state index contributed by atoms with van der Waals surface area (Å²) in [6.45, 7) is 0.516. The third-order valence-corrected chi connectivity index (χ3v) is 5.91. The van der Waals surface area contributed by atoms with E-state index >= 15 is 0 Å². The maximum absolute atomic E-state index is 12.2. The number of carbonyl (C=O) groups excluding carboxylic acids is 1. The molecule has 4 aromatic rings. The van der Waals surface area contributed by atoms with Crippen LogP contribution < -0.4 is 10.1 Å². The van der Waals surface area contributed by atoms with E-state index in [2.05, 4.69) is 38.7 Å². The summed E-state index contributed by atoms with van der Waals surface area (Å²) in [5.41, 5.74) is 3.78. The second kappa shape index (κ2) is 10.6. The van der Waals surface area contributed by atoms with E-state index in [1.54, 1.807) is 25.1 Å². The number of aromatic amines is 1. The molecule has 6 nitrogen and oxygen atoms in total. The summed E-state index contributed by atoms with van der Waals surface area (Å²) < 4.78 is 5.15. The third-order valence-electron chi connectivity index (χ3n) is 4.91. The Morgan fingerprint density at radius 2 is 2.00 bits per heavy atom. The maximum atomic E-state index is 12.2. The number of methoxy groups -OCH3 is 1. The Balaban J connectivity index is 1.27. The quantitative estimate of drug-likeness (QED) is 0.358. The smallest absolute Gasteiger partial charge is 0.221 e. The number of rotatable bonds is 9. The molecule has 32 heavy (non-hydrogen) atoms. The molecule has 7 heteroatoms. The van der Waals surface area contributed by atoms with E-state index in [0.717, 1.165) is 38.5 Å². The summed E-state index contributed by atoms with van der Waals surface area (Å²) in [5.74, 6) is 1.56. The van der Waals surface area contributed by atoms with Crippen molar-refractivity contribution in [3.05, 3.63) is 83.8 Å². The van der Waals surface area contributed by atoms with Gasteiger partial charge < -0.3 is 10.1 Å². The Labute approximate surface area is 191 Å². The van der Waals surface area contributed by atoms with E-state index in [1.165, 1.54) is 0 Å². The van der Waals surface area contributed by atoms with Gasteiger partial charge in [0, 0.05) is 35.2 Å². The number of H-pyrrole nitrogens is 1. The van der Waals surface area contributed by atoms with Crippen molar-refractivity contribution in [2.45, 2.75) is 17.9 Å². The zero-order valence-electron chi connectivity index (χ0n) is 17.7. The maximum Gasteiger partial charge on any atom is 0.221 e. The lowest BCUT2D eigenvalue weighted by Crippen LogP contribution is -2.22. The van der Waals surface area contributed by atoms with E-state index < -0.39 is 0 Å². The van der Waals surface area contributed by atoms with Gasteiger partial charge in [-0.3, -0.25) is 14.9 Å². The molecule has 0 bridgehead atoms. The number of benzene rings is 2. The number of fused-ring (bicyclic) bond motifs is 1. The summed E-state index contributed by atoms with van der Waals surface area (Å²) >= 11 is 1.66. The first-order valence-corrected chi connectivity index (χ1v) is 11.3. The zero-order chi connectivity index (χ0) is 22.2. The van der Waals surface area contributed by atoms with Gasteiger partial charge in [-0.15, -0.1) is 11.8 Å². The van der Waals surface area contributed by atoms with E-state index in [9.17, 15) is 4.79 Å². The lowest BCUT2D eigenvalue weighted by Gasteiger charge is -2.06. The van der Waals surface area contributed by atoms with Crippen molar-refractivity contribution in [3.63, 3.8) is 0 Å². The van der Waals surface area contributed by atoms with Crippen LogP contribution in [0.4, 0.5) is 0 Å². The largest absolute Gasteiger partial charge is 0.497 e. The molecule has 2 heterocycles. The number of thioether (sulfide) groups is 1. The van der Waals surface area contributed by atoms with Gasteiger partial charge in [0.05, 0.1) is 24.0 Å². The molecule has 0 aliphatic rings. The molecule has 0 aliphatic heterocycles. The molecule has 0 fully saturated rings. The molecule has 0 radical (unpaired) electrons. The third kappa shape index (κ3) is 5.76. The van der Waals surface area contributed by atoms with Crippen LogP contribution in [-0.2, 0) is 11.3 Å². The van der Waals surface area contributed by atoms with Crippen molar-refractivity contribution in [2.75, 3.05) is 12.9 Å². The van der Waals surface area contributed by atoms with Gasteiger partial charge in [-0.1, -0.05) is 18.2 Å². The molecule has 2 aromatic heterocycles. The first kappa shape index (κ1) is 21.6. The molecule has 4 rings (SSSR count). The van der Waals surface area contributed by atoms with Crippen LogP contribution in [0, 0.1) is 0 Å². The van der Waals surface area contributed by atoms with Gasteiger partial charge in [0.25, 0.3) is 0 Å². The second-order valence-electron chi connectivity index (χ2n) is 7.13. The van der Waals surface area contributed by atoms with Crippen LogP contribution in [0.3, 0.4) is 0 Å². The lowest BCUT2D eigenvalue weighted by atomic mass is 10.2. The Bertz CT molecular complexity index is 1200. The molecule has 2 N–H and O–H groups in total. The van der Waals surface area contributed by atoms with Gasteiger partial charge in [-0.25, -0.2) is 0 Å². The standard InChI is InChI=1S/C25H24N4O2S/c1-31-20-8-5-18(6-9-20)17-27-25(30)13-15-32-21-10-11-22-23(28-29-24(22)16-21)12-7-19-4-2-3-14-26-19/h2-12,14,16H,13,15,17H2,1H3,(H,27,30)(H,28,29). The minimum absolute atomic E-state index is 0.0397. The number of ether oxygens (including phenoxy) is 1. The summed E-state index contributed by atoms with van der Waals surface area (Å²) in [5, 5.41) is 11.5. The molecule has 0 unspecified atom stereocenters. The van der Waals surface area contributed by atoms with Crippen molar-refractivity contribution in [3.8, 4) is 5.75 Å². The van der Waals surface area contributed by atoms with Crippen LogP contribution in [0.25, 0.3) is 23.1 Å². The summed E-state index contributed by atoms with van der Waals surface area (Å²) in [4.78, 5) is 17.5.